The van der Waals surface area contributed by atoms with Crippen LogP contribution in [0.1, 0.15) is 132 Å². The third-order valence-corrected chi connectivity index (χ3v) is 13.5. The molecular formula is C45H48F3N7O7. The van der Waals surface area contributed by atoms with Gasteiger partial charge in [-0.15, -0.1) is 0 Å². The Kier molecular flexibility index (Phi) is 10.5. The lowest BCUT2D eigenvalue weighted by Crippen LogP contribution is -2.54. The maximum absolute atomic E-state index is 13.6. The lowest BCUT2D eigenvalue weighted by molar-refractivity contribution is -0.141. The van der Waals surface area contributed by atoms with Crippen molar-refractivity contribution in [3.8, 4) is 0 Å². The molecule has 4 fully saturated rings. The molecule has 2 saturated heterocycles. The first-order valence-electron chi connectivity index (χ1n) is 21.3. The number of rotatable bonds is 9. The zero-order chi connectivity index (χ0) is 43.7. The van der Waals surface area contributed by atoms with E-state index in [1.807, 2.05) is 6.07 Å². The number of amides is 5. The van der Waals surface area contributed by atoms with Gasteiger partial charge in [0.2, 0.25) is 11.8 Å². The number of halogens is 3. The van der Waals surface area contributed by atoms with Crippen LogP contribution in [0.15, 0.2) is 52.9 Å². The summed E-state index contributed by atoms with van der Waals surface area (Å²) in [6, 6.07) is 10.6. The fraction of sp³-hybridized carbons (Fsp3) is 0.489. The average Bonchev–Trinajstić information content (AvgIpc) is 3.75. The molecule has 3 aliphatic heterocycles. The Morgan fingerprint density at radius 2 is 1.66 bits per heavy atom. The lowest BCUT2D eigenvalue weighted by Gasteiger charge is -2.53. The maximum atomic E-state index is 13.6. The van der Waals surface area contributed by atoms with Crippen LogP contribution in [0, 0.1) is 11.3 Å². The quantitative estimate of drug-likeness (QED) is 0.131. The molecule has 0 radical (unpaired) electrons. The predicted molar refractivity (Wildman–Crippen MR) is 219 cm³/mol. The van der Waals surface area contributed by atoms with Gasteiger partial charge in [0.25, 0.3) is 17.7 Å². The van der Waals surface area contributed by atoms with Gasteiger partial charge in [0.15, 0.2) is 11.5 Å². The van der Waals surface area contributed by atoms with Gasteiger partial charge < -0.3 is 25.1 Å². The number of imide groups is 2. The summed E-state index contributed by atoms with van der Waals surface area (Å²) in [6.45, 7) is 6.14. The van der Waals surface area contributed by atoms with E-state index < -0.39 is 58.7 Å². The Morgan fingerprint density at radius 3 is 2.35 bits per heavy atom. The highest BCUT2D eigenvalue weighted by Gasteiger charge is 2.49. The Labute approximate surface area is 355 Å². The zero-order valence-electron chi connectivity index (χ0n) is 34.4. The summed E-state index contributed by atoms with van der Waals surface area (Å²) in [5.41, 5.74) is -0.198. The molecule has 17 heteroatoms. The number of aromatic nitrogens is 2. The summed E-state index contributed by atoms with van der Waals surface area (Å²) in [6.07, 6.45) is 3.41. The number of alkyl halides is 3. The normalized spacial score (nSPS) is 23.4. The van der Waals surface area contributed by atoms with Gasteiger partial charge in [-0.25, -0.2) is 9.97 Å². The molecule has 62 heavy (non-hydrogen) atoms. The fourth-order valence-corrected chi connectivity index (χ4v) is 10.2. The van der Waals surface area contributed by atoms with Crippen molar-refractivity contribution in [3.05, 3.63) is 82.5 Å². The largest absolute Gasteiger partial charge is 0.440 e. The van der Waals surface area contributed by atoms with Gasteiger partial charge in [-0.2, -0.15) is 13.2 Å². The van der Waals surface area contributed by atoms with Gasteiger partial charge in [0.05, 0.1) is 22.4 Å². The van der Waals surface area contributed by atoms with E-state index in [2.05, 4.69) is 25.8 Å². The number of likely N-dealkylation sites (tertiary alicyclic amines) is 1. The minimum absolute atomic E-state index is 0.0699. The Bertz CT molecular complexity index is 2470. The van der Waals surface area contributed by atoms with E-state index >= 15 is 0 Å². The second-order valence-corrected chi connectivity index (χ2v) is 18.3. The number of anilines is 2. The number of fused-ring (bicyclic) bond motifs is 2. The van der Waals surface area contributed by atoms with Crippen molar-refractivity contribution in [1.82, 2.24) is 25.1 Å². The zero-order valence-corrected chi connectivity index (χ0v) is 34.4. The SMILES string of the molecule is CC(C)(O)c1cc2nc(C3CCC(CN4CCC5(CC4)CC(Nc4cccc6c4C(=O)N(C4CCC(=O)NC4=O)C6=O)C5)CC3)oc2cc1NC(=O)c1cccc(C(F)(F)F)n1. The van der Waals surface area contributed by atoms with Crippen molar-refractivity contribution in [3.63, 3.8) is 0 Å². The number of oxazole rings is 1. The number of aliphatic hydroxyl groups is 1. The molecule has 5 heterocycles. The molecular weight excluding hydrogens is 808 g/mol. The molecule has 4 aromatic rings. The second kappa shape index (κ2) is 15.6. The Balaban J connectivity index is 0.766. The topological polar surface area (TPSA) is 187 Å². The van der Waals surface area contributed by atoms with Crippen LogP contribution in [-0.2, 0) is 21.4 Å². The summed E-state index contributed by atoms with van der Waals surface area (Å²) in [5, 5.41) is 19.4. The van der Waals surface area contributed by atoms with Crippen LogP contribution in [-0.4, -0.2) is 86.1 Å². The predicted octanol–water partition coefficient (Wildman–Crippen LogP) is 6.75. The molecule has 4 N–H and O–H groups in total. The minimum Gasteiger partial charge on any atom is -0.440 e. The van der Waals surface area contributed by atoms with Crippen molar-refractivity contribution >= 4 is 52.0 Å². The third kappa shape index (κ3) is 7.96. The van der Waals surface area contributed by atoms with Crippen molar-refractivity contribution < 1.29 is 46.7 Å². The number of piperidine rings is 2. The summed E-state index contributed by atoms with van der Waals surface area (Å²) in [4.78, 5) is 75.9. The van der Waals surface area contributed by atoms with Crippen LogP contribution < -0.4 is 16.0 Å². The van der Waals surface area contributed by atoms with Gasteiger partial charge in [-0.3, -0.25) is 34.2 Å². The lowest BCUT2D eigenvalue weighted by atomic mass is 9.60. The monoisotopic (exact) mass is 855 g/mol. The minimum atomic E-state index is -4.71. The van der Waals surface area contributed by atoms with Crippen molar-refractivity contribution in [2.75, 3.05) is 30.3 Å². The molecule has 2 aliphatic carbocycles. The van der Waals surface area contributed by atoms with E-state index in [1.54, 1.807) is 38.1 Å². The smallest absolute Gasteiger partial charge is 0.433 e. The maximum Gasteiger partial charge on any atom is 0.433 e. The highest BCUT2D eigenvalue weighted by molar-refractivity contribution is 6.25. The summed E-state index contributed by atoms with van der Waals surface area (Å²) < 4.78 is 46.0. The first-order chi connectivity index (χ1) is 29.4. The van der Waals surface area contributed by atoms with Gasteiger partial charge in [0.1, 0.15) is 22.9 Å². The summed E-state index contributed by atoms with van der Waals surface area (Å²) >= 11 is 0. The molecule has 5 aliphatic rings. The summed E-state index contributed by atoms with van der Waals surface area (Å²) in [5.74, 6) is -1.70. The number of hydrogen-bond donors (Lipinski definition) is 4. The number of pyridine rings is 1. The number of nitrogens with one attached hydrogen (secondary N) is 3. The number of carbonyl (C=O) groups excluding carboxylic acids is 5. The molecule has 1 atom stereocenters. The highest BCUT2D eigenvalue weighted by Crippen LogP contribution is 2.51. The van der Waals surface area contributed by atoms with Gasteiger partial charge in [-0.1, -0.05) is 12.1 Å². The number of nitrogens with zero attached hydrogens (tertiary/aromatic N) is 4. The van der Waals surface area contributed by atoms with Gasteiger partial charge >= 0.3 is 6.18 Å². The standard InChI is InChI=1S/C45H48F3N7O7/c1-43(2,61)28-19-32-34(20-31(28)51-38(57)30-7-4-8-35(50-30)45(46,47)48)62-40(52-32)25-11-9-24(10-12-25)23-54-17-15-44(16-18-54)21-26(22-44)49-29-6-3-5-27-37(29)42(60)55(41(27)59)33-13-14-36(56)53-39(33)58/h3-8,19-20,24-26,33,49,61H,9-18,21-23H2,1-2H3,(H,51,57)(H,53,56,58). The Morgan fingerprint density at radius 1 is 0.935 bits per heavy atom. The molecule has 2 aromatic carbocycles. The highest BCUT2D eigenvalue weighted by atomic mass is 19.4. The van der Waals surface area contributed by atoms with Crippen LogP contribution in [0.3, 0.4) is 0 Å². The van der Waals surface area contributed by atoms with Crippen molar-refractivity contribution in [1.29, 1.82) is 0 Å². The number of carbonyl (C=O) groups is 5. The number of hydrogen-bond acceptors (Lipinski definition) is 11. The fourth-order valence-electron chi connectivity index (χ4n) is 10.2. The van der Waals surface area contributed by atoms with E-state index in [-0.39, 0.29) is 47.0 Å². The molecule has 2 aromatic heterocycles. The van der Waals surface area contributed by atoms with Crippen molar-refractivity contribution in [2.45, 2.75) is 108 Å². The molecule has 1 unspecified atom stereocenters. The van der Waals surface area contributed by atoms with E-state index in [0.717, 1.165) is 88.0 Å². The van der Waals surface area contributed by atoms with Crippen LogP contribution in [0.2, 0.25) is 0 Å². The molecule has 0 bridgehead atoms. The van der Waals surface area contributed by atoms with Gasteiger partial charge in [-0.05, 0) is 126 Å². The van der Waals surface area contributed by atoms with Crippen LogP contribution in [0.5, 0.6) is 0 Å². The molecule has 326 valence electrons. The van der Waals surface area contributed by atoms with Crippen LogP contribution >= 0.6 is 0 Å². The summed E-state index contributed by atoms with van der Waals surface area (Å²) in [7, 11) is 0. The molecule has 14 nitrogen and oxygen atoms in total. The molecule has 5 amide bonds. The number of benzene rings is 2. The van der Waals surface area contributed by atoms with Crippen LogP contribution in [0.4, 0.5) is 24.5 Å². The van der Waals surface area contributed by atoms with E-state index in [4.69, 9.17) is 9.40 Å². The first-order valence-corrected chi connectivity index (χ1v) is 21.3. The van der Waals surface area contributed by atoms with Crippen LogP contribution in [0.25, 0.3) is 11.1 Å². The average molecular weight is 856 g/mol. The molecule has 1 spiro atoms. The second-order valence-electron chi connectivity index (χ2n) is 18.3. The first kappa shape index (κ1) is 41.7. The third-order valence-electron chi connectivity index (χ3n) is 13.5. The van der Waals surface area contributed by atoms with Gasteiger partial charge in [0, 0.05) is 42.2 Å². The van der Waals surface area contributed by atoms with Crippen molar-refractivity contribution in [2.24, 2.45) is 11.3 Å². The van der Waals surface area contributed by atoms with E-state index in [1.165, 1.54) is 6.07 Å². The van der Waals surface area contributed by atoms with E-state index in [0.29, 0.717) is 34.2 Å². The molecule has 9 rings (SSSR count). The Hall–Kier alpha value is -5.68. The van der Waals surface area contributed by atoms with E-state index in [9.17, 15) is 42.3 Å². The molecule has 2 saturated carbocycles.